The summed E-state index contributed by atoms with van der Waals surface area (Å²) in [6, 6.07) is 10.7. The number of fused-ring (bicyclic) bond motifs is 1. The summed E-state index contributed by atoms with van der Waals surface area (Å²) in [5.41, 5.74) is 1.94. The van der Waals surface area contributed by atoms with E-state index in [9.17, 15) is 14.4 Å². The second-order valence-electron chi connectivity index (χ2n) is 8.86. The van der Waals surface area contributed by atoms with Gasteiger partial charge in [-0.05, 0) is 43.2 Å². The first-order chi connectivity index (χ1) is 17.0. The van der Waals surface area contributed by atoms with Gasteiger partial charge in [0, 0.05) is 49.0 Å². The highest BCUT2D eigenvalue weighted by atomic mass is 16.5. The van der Waals surface area contributed by atoms with Gasteiger partial charge in [-0.15, -0.1) is 0 Å². The van der Waals surface area contributed by atoms with Crippen molar-refractivity contribution in [2.75, 3.05) is 50.1 Å². The zero-order chi connectivity index (χ0) is 24.4. The predicted octanol–water partition coefficient (Wildman–Crippen LogP) is 2.00. The number of morpholine rings is 1. The van der Waals surface area contributed by atoms with E-state index >= 15 is 0 Å². The summed E-state index contributed by atoms with van der Waals surface area (Å²) < 4.78 is 5.35. The maximum Gasteiger partial charge on any atom is 0.275 e. The number of hydrogen-bond acceptors (Lipinski definition) is 6. The molecule has 5 rings (SSSR count). The first-order valence-electron chi connectivity index (χ1n) is 11.8. The van der Waals surface area contributed by atoms with Crippen molar-refractivity contribution in [3.63, 3.8) is 0 Å². The van der Waals surface area contributed by atoms with Crippen LogP contribution in [0.5, 0.6) is 0 Å². The van der Waals surface area contributed by atoms with Gasteiger partial charge >= 0.3 is 0 Å². The molecule has 10 nitrogen and oxygen atoms in total. The number of ether oxygens (including phenoxy) is 1. The molecule has 0 unspecified atom stereocenters. The molecule has 3 amide bonds. The summed E-state index contributed by atoms with van der Waals surface area (Å²) in [6.07, 6.45) is 3.44. The first kappa shape index (κ1) is 23.0. The van der Waals surface area contributed by atoms with Gasteiger partial charge in [0.25, 0.3) is 11.8 Å². The highest BCUT2D eigenvalue weighted by molar-refractivity contribution is 6.16. The van der Waals surface area contributed by atoms with Crippen LogP contribution in [0, 0.1) is 0 Å². The standard InChI is InChI=1S/C25H28N6O4/c1-30(21(32)15-31-10-12-35-13-11-31)17-7-8-18-20(14-17)28-23(22(18)25(34)27-16-5-6-16)29-24(33)19-4-2-3-9-26-19/h2-4,7-9,14,16,28H,5-6,10-13,15H2,1H3,(H,27,34)(H,29,33). The monoisotopic (exact) mass is 476 g/mol. The Morgan fingerprint density at radius 3 is 2.66 bits per heavy atom. The second-order valence-corrected chi connectivity index (χ2v) is 8.86. The van der Waals surface area contributed by atoms with Crippen LogP contribution < -0.4 is 15.5 Å². The fourth-order valence-corrected chi connectivity index (χ4v) is 4.08. The van der Waals surface area contributed by atoms with Crippen molar-refractivity contribution in [3.8, 4) is 0 Å². The van der Waals surface area contributed by atoms with E-state index < -0.39 is 5.91 Å². The molecule has 1 aliphatic carbocycles. The van der Waals surface area contributed by atoms with Crippen molar-refractivity contribution in [1.82, 2.24) is 20.2 Å². The summed E-state index contributed by atoms with van der Waals surface area (Å²) in [7, 11) is 1.73. The van der Waals surface area contributed by atoms with Crippen LogP contribution in [-0.2, 0) is 9.53 Å². The number of pyridine rings is 1. The van der Waals surface area contributed by atoms with Crippen LogP contribution >= 0.6 is 0 Å². The van der Waals surface area contributed by atoms with Crippen LogP contribution in [0.25, 0.3) is 10.9 Å². The van der Waals surface area contributed by atoms with Crippen molar-refractivity contribution in [1.29, 1.82) is 0 Å². The van der Waals surface area contributed by atoms with Gasteiger partial charge in [0.05, 0.1) is 25.3 Å². The van der Waals surface area contributed by atoms with Gasteiger partial charge in [-0.2, -0.15) is 0 Å². The number of likely N-dealkylation sites (N-methyl/N-ethyl adjacent to an activating group) is 1. The smallest absolute Gasteiger partial charge is 0.275 e. The molecule has 1 aliphatic heterocycles. The molecular weight excluding hydrogens is 448 g/mol. The second kappa shape index (κ2) is 9.85. The van der Waals surface area contributed by atoms with Crippen LogP contribution in [0.15, 0.2) is 42.6 Å². The molecule has 1 saturated heterocycles. The molecule has 2 aliphatic rings. The summed E-state index contributed by atoms with van der Waals surface area (Å²) in [5, 5.41) is 6.46. The molecule has 0 atom stereocenters. The average Bonchev–Trinajstić information content (AvgIpc) is 3.62. The van der Waals surface area contributed by atoms with Gasteiger partial charge in [0.1, 0.15) is 11.5 Å². The lowest BCUT2D eigenvalue weighted by molar-refractivity contribution is -0.120. The number of amides is 3. The number of benzene rings is 1. The Balaban J connectivity index is 1.42. The molecule has 0 radical (unpaired) electrons. The Morgan fingerprint density at radius 1 is 1.14 bits per heavy atom. The molecule has 1 aromatic carbocycles. The molecular formula is C25H28N6O4. The van der Waals surface area contributed by atoms with Crippen LogP contribution in [0.3, 0.4) is 0 Å². The molecule has 2 fully saturated rings. The van der Waals surface area contributed by atoms with Crippen molar-refractivity contribution >= 4 is 40.1 Å². The molecule has 0 bridgehead atoms. The molecule has 10 heteroatoms. The Hall–Kier alpha value is -3.76. The molecule has 2 aromatic heterocycles. The number of rotatable bonds is 7. The third-order valence-electron chi connectivity index (χ3n) is 6.28. The highest BCUT2D eigenvalue weighted by Crippen LogP contribution is 2.31. The Bertz CT molecular complexity index is 1250. The average molecular weight is 477 g/mol. The Labute approximate surface area is 202 Å². The van der Waals surface area contributed by atoms with E-state index in [0.29, 0.717) is 47.7 Å². The largest absolute Gasteiger partial charge is 0.379 e. The molecule has 0 spiro atoms. The zero-order valence-corrected chi connectivity index (χ0v) is 19.5. The molecule has 3 aromatic rings. The molecule has 1 saturated carbocycles. The lowest BCUT2D eigenvalue weighted by Gasteiger charge is -2.28. The normalized spacial score (nSPS) is 16.1. The number of anilines is 2. The minimum atomic E-state index is -0.421. The maximum atomic E-state index is 13.1. The Morgan fingerprint density at radius 2 is 1.94 bits per heavy atom. The SMILES string of the molecule is CN(C(=O)CN1CCOCC1)c1ccc2c(C(=O)NC3CC3)c(NC(=O)c3ccccn3)[nH]c2c1. The topological polar surface area (TPSA) is 120 Å². The minimum Gasteiger partial charge on any atom is -0.379 e. The fourth-order valence-electron chi connectivity index (χ4n) is 4.08. The summed E-state index contributed by atoms with van der Waals surface area (Å²) in [5.74, 6) is -0.406. The van der Waals surface area contributed by atoms with E-state index in [1.165, 1.54) is 6.20 Å². The van der Waals surface area contributed by atoms with Gasteiger partial charge in [-0.25, -0.2) is 0 Å². The number of carbonyl (C=O) groups excluding carboxylic acids is 3. The quantitative estimate of drug-likeness (QED) is 0.480. The lowest BCUT2D eigenvalue weighted by Crippen LogP contribution is -2.43. The summed E-state index contributed by atoms with van der Waals surface area (Å²) in [4.78, 5) is 49.6. The zero-order valence-electron chi connectivity index (χ0n) is 19.5. The number of H-pyrrole nitrogens is 1. The van der Waals surface area contributed by atoms with Gasteiger partial charge in [0.15, 0.2) is 0 Å². The first-order valence-corrected chi connectivity index (χ1v) is 11.8. The van der Waals surface area contributed by atoms with Crippen LogP contribution in [0.2, 0.25) is 0 Å². The third-order valence-corrected chi connectivity index (χ3v) is 6.28. The Kier molecular flexibility index (Phi) is 6.47. The number of carbonyl (C=O) groups is 3. The van der Waals surface area contributed by atoms with E-state index in [-0.39, 0.29) is 23.6 Å². The number of nitrogens with one attached hydrogen (secondary N) is 3. The number of aromatic amines is 1. The van der Waals surface area contributed by atoms with E-state index in [1.54, 1.807) is 36.2 Å². The number of nitrogens with zero attached hydrogens (tertiary/aromatic N) is 3. The van der Waals surface area contributed by atoms with Crippen molar-refractivity contribution in [3.05, 3.63) is 53.9 Å². The number of aromatic nitrogens is 2. The van der Waals surface area contributed by atoms with E-state index in [0.717, 1.165) is 25.9 Å². The lowest BCUT2D eigenvalue weighted by atomic mass is 10.1. The van der Waals surface area contributed by atoms with E-state index in [4.69, 9.17) is 4.74 Å². The molecule has 3 N–H and O–H groups in total. The highest BCUT2D eigenvalue weighted by Gasteiger charge is 2.28. The summed E-state index contributed by atoms with van der Waals surface area (Å²) in [6.45, 7) is 3.03. The van der Waals surface area contributed by atoms with Crippen LogP contribution in [0.1, 0.15) is 33.7 Å². The summed E-state index contributed by atoms with van der Waals surface area (Å²) >= 11 is 0. The van der Waals surface area contributed by atoms with E-state index in [2.05, 4.69) is 25.5 Å². The fraction of sp³-hybridized carbons (Fsp3) is 0.360. The maximum absolute atomic E-state index is 13.1. The van der Waals surface area contributed by atoms with Crippen LogP contribution in [0.4, 0.5) is 11.5 Å². The van der Waals surface area contributed by atoms with E-state index in [1.807, 2.05) is 12.1 Å². The van der Waals surface area contributed by atoms with Gasteiger partial charge in [-0.3, -0.25) is 24.3 Å². The van der Waals surface area contributed by atoms with Crippen molar-refractivity contribution < 1.29 is 19.1 Å². The number of hydrogen-bond donors (Lipinski definition) is 3. The minimum absolute atomic E-state index is 0.0341. The molecule has 182 valence electrons. The van der Waals surface area contributed by atoms with Gasteiger partial charge in [0.2, 0.25) is 5.91 Å². The molecule has 3 heterocycles. The molecule has 35 heavy (non-hydrogen) atoms. The van der Waals surface area contributed by atoms with Crippen molar-refractivity contribution in [2.24, 2.45) is 0 Å². The van der Waals surface area contributed by atoms with Gasteiger partial charge in [-0.1, -0.05) is 6.07 Å². The predicted molar refractivity (Wildman–Crippen MR) is 132 cm³/mol. The van der Waals surface area contributed by atoms with Gasteiger partial charge < -0.3 is 25.3 Å². The van der Waals surface area contributed by atoms with Crippen LogP contribution in [-0.4, -0.2) is 78.5 Å². The van der Waals surface area contributed by atoms with Crippen molar-refractivity contribution in [2.45, 2.75) is 18.9 Å². The third kappa shape index (κ3) is 5.18.